The number of carbonyl (C=O) groups is 1. The van der Waals surface area contributed by atoms with Crippen LogP contribution in [0.3, 0.4) is 0 Å². The molecule has 1 N–H and O–H groups in total. The lowest BCUT2D eigenvalue weighted by Crippen LogP contribution is -2.30. The lowest BCUT2D eigenvalue weighted by atomic mass is 10.0. The van der Waals surface area contributed by atoms with Gasteiger partial charge in [-0.15, -0.1) is 0 Å². The molecule has 0 aliphatic heterocycles. The molecule has 3 aromatic carbocycles. The third-order valence-corrected chi connectivity index (χ3v) is 6.30. The highest BCUT2D eigenvalue weighted by Gasteiger charge is 2.25. The molecule has 34 heavy (non-hydrogen) atoms. The predicted octanol–water partition coefficient (Wildman–Crippen LogP) is 6.98. The van der Waals surface area contributed by atoms with Crippen LogP contribution in [0.2, 0.25) is 0 Å². The molecule has 0 aliphatic carbocycles. The minimum atomic E-state index is -0.0981. The van der Waals surface area contributed by atoms with Crippen LogP contribution in [0.25, 0.3) is 22.6 Å². The number of unbranched alkanes of at least 4 members (excludes halogenated alkanes) is 1. The topological polar surface area (TPSA) is 46.9 Å². The lowest BCUT2D eigenvalue weighted by molar-refractivity contribution is 0.0926. The summed E-state index contributed by atoms with van der Waals surface area (Å²) in [4.78, 5) is 18.8. The Morgan fingerprint density at radius 2 is 1.59 bits per heavy atom. The molecule has 4 heteroatoms. The first-order chi connectivity index (χ1) is 16.6. The summed E-state index contributed by atoms with van der Waals surface area (Å²) in [5.74, 6) is 0.687. The minimum absolute atomic E-state index is 0.0430. The summed E-state index contributed by atoms with van der Waals surface area (Å²) in [6.07, 6.45) is 3.96. The Hall–Kier alpha value is -3.66. The van der Waals surface area contributed by atoms with Crippen molar-refractivity contribution in [3.63, 3.8) is 0 Å². The smallest absolute Gasteiger partial charge is 0.270 e. The monoisotopic (exact) mass is 451 g/mol. The zero-order valence-electron chi connectivity index (χ0n) is 20.3. The van der Waals surface area contributed by atoms with Crippen LogP contribution in [-0.4, -0.2) is 15.5 Å². The van der Waals surface area contributed by atoms with Gasteiger partial charge in [0.1, 0.15) is 17.2 Å². The van der Waals surface area contributed by atoms with E-state index in [1.165, 1.54) is 5.56 Å². The molecule has 0 fully saturated rings. The van der Waals surface area contributed by atoms with Crippen molar-refractivity contribution in [2.75, 3.05) is 0 Å². The number of hydrogen-bond donors (Lipinski definition) is 1. The Morgan fingerprint density at radius 1 is 0.912 bits per heavy atom. The SMILES string of the molecule is CCCCC(NC(=O)c1c(-c2cccc(CC)c2)nc(-c2ccccc2)n1C)c1ccccc1. The van der Waals surface area contributed by atoms with Gasteiger partial charge in [0.2, 0.25) is 0 Å². The van der Waals surface area contributed by atoms with Crippen LogP contribution < -0.4 is 5.32 Å². The Kier molecular flexibility index (Phi) is 7.58. The largest absolute Gasteiger partial charge is 0.344 e. The van der Waals surface area contributed by atoms with Gasteiger partial charge in [-0.3, -0.25) is 4.79 Å². The maximum Gasteiger partial charge on any atom is 0.270 e. The highest BCUT2D eigenvalue weighted by molar-refractivity contribution is 5.99. The zero-order valence-corrected chi connectivity index (χ0v) is 20.3. The summed E-state index contributed by atoms with van der Waals surface area (Å²) in [6.45, 7) is 4.31. The summed E-state index contributed by atoms with van der Waals surface area (Å²) >= 11 is 0. The van der Waals surface area contributed by atoms with E-state index in [9.17, 15) is 4.79 Å². The van der Waals surface area contributed by atoms with Gasteiger partial charge in [-0.25, -0.2) is 4.98 Å². The van der Waals surface area contributed by atoms with Crippen LogP contribution in [0.5, 0.6) is 0 Å². The zero-order chi connectivity index (χ0) is 23.9. The van der Waals surface area contributed by atoms with Gasteiger partial charge in [-0.05, 0) is 30.0 Å². The molecule has 0 bridgehead atoms. The second-order valence-electron chi connectivity index (χ2n) is 8.69. The molecule has 1 atom stereocenters. The van der Waals surface area contributed by atoms with Crippen molar-refractivity contribution in [3.8, 4) is 22.6 Å². The van der Waals surface area contributed by atoms with E-state index >= 15 is 0 Å². The van der Waals surface area contributed by atoms with Crippen molar-refractivity contribution in [3.05, 3.63) is 102 Å². The van der Waals surface area contributed by atoms with Gasteiger partial charge in [0.15, 0.2) is 0 Å². The van der Waals surface area contributed by atoms with E-state index in [2.05, 4.69) is 43.4 Å². The standard InChI is InChI=1S/C30H33N3O/c1-4-6-20-26(23-15-9-7-10-16-23)31-30(34)28-27(25-19-13-14-22(5-2)21-25)32-29(33(28)3)24-17-11-8-12-18-24/h7-19,21,26H,4-6,20H2,1-3H3,(H,31,34). The highest BCUT2D eigenvalue weighted by atomic mass is 16.2. The number of aromatic nitrogens is 2. The van der Waals surface area contributed by atoms with Gasteiger partial charge >= 0.3 is 0 Å². The molecular formula is C30H33N3O. The first kappa shape index (κ1) is 23.5. The van der Waals surface area contributed by atoms with Crippen LogP contribution in [0, 0.1) is 0 Å². The van der Waals surface area contributed by atoms with Gasteiger partial charge in [0.05, 0.1) is 6.04 Å². The predicted molar refractivity (Wildman–Crippen MR) is 140 cm³/mol. The van der Waals surface area contributed by atoms with Crippen LogP contribution in [0.4, 0.5) is 0 Å². The van der Waals surface area contributed by atoms with E-state index in [-0.39, 0.29) is 11.9 Å². The van der Waals surface area contributed by atoms with Crippen molar-refractivity contribution in [1.29, 1.82) is 0 Å². The van der Waals surface area contributed by atoms with Crippen molar-refractivity contribution in [2.24, 2.45) is 7.05 Å². The molecule has 1 amide bonds. The average molecular weight is 452 g/mol. The first-order valence-corrected chi connectivity index (χ1v) is 12.2. The van der Waals surface area contributed by atoms with Crippen LogP contribution in [0.1, 0.15) is 60.8 Å². The molecule has 1 aromatic heterocycles. The third kappa shape index (κ3) is 5.12. The molecule has 4 nitrogen and oxygen atoms in total. The van der Waals surface area contributed by atoms with Crippen molar-refractivity contribution in [2.45, 2.75) is 45.6 Å². The normalized spacial score (nSPS) is 11.9. The molecule has 0 saturated carbocycles. The first-order valence-electron chi connectivity index (χ1n) is 12.2. The van der Waals surface area contributed by atoms with E-state index in [1.54, 1.807) is 0 Å². The van der Waals surface area contributed by atoms with E-state index in [4.69, 9.17) is 4.98 Å². The number of amides is 1. The maximum atomic E-state index is 13.8. The Morgan fingerprint density at radius 3 is 2.26 bits per heavy atom. The fourth-order valence-corrected chi connectivity index (χ4v) is 4.39. The fourth-order valence-electron chi connectivity index (χ4n) is 4.39. The van der Waals surface area contributed by atoms with Gasteiger partial charge in [-0.2, -0.15) is 0 Å². The molecule has 4 rings (SSSR count). The number of nitrogens with one attached hydrogen (secondary N) is 1. The Balaban J connectivity index is 1.78. The van der Waals surface area contributed by atoms with E-state index in [0.29, 0.717) is 5.69 Å². The molecule has 1 heterocycles. The summed E-state index contributed by atoms with van der Waals surface area (Å²) in [7, 11) is 1.93. The van der Waals surface area contributed by atoms with Gasteiger partial charge < -0.3 is 9.88 Å². The van der Waals surface area contributed by atoms with Crippen molar-refractivity contribution < 1.29 is 4.79 Å². The second-order valence-corrected chi connectivity index (χ2v) is 8.69. The van der Waals surface area contributed by atoms with Crippen molar-refractivity contribution in [1.82, 2.24) is 14.9 Å². The Bertz CT molecular complexity index is 1230. The number of hydrogen-bond acceptors (Lipinski definition) is 2. The van der Waals surface area contributed by atoms with Gasteiger partial charge in [-0.1, -0.05) is 106 Å². The molecule has 1 unspecified atom stereocenters. The van der Waals surface area contributed by atoms with Gasteiger partial charge in [0, 0.05) is 18.2 Å². The van der Waals surface area contributed by atoms with E-state index in [1.807, 2.05) is 72.3 Å². The number of nitrogens with zero attached hydrogens (tertiary/aromatic N) is 2. The number of carbonyl (C=O) groups excluding carboxylic acids is 1. The van der Waals surface area contributed by atoms with Crippen molar-refractivity contribution >= 4 is 5.91 Å². The summed E-state index contributed by atoms with van der Waals surface area (Å²) in [5, 5.41) is 3.33. The van der Waals surface area contributed by atoms with E-state index in [0.717, 1.165) is 53.9 Å². The molecule has 0 spiro atoms. The quantitative estimate of drug-likeness (QED) is 0.298. The second kappa shape index (κ2) is 11.0. The number of imidazole rings is 1. The molecule has 174 valence electrons. The molecule has 4 aromatic rings. The van der Waals surface area contributed by atoms with Gasteiger partial charge in [0.25, 0.3) is 5.91 Å². The summed E-state index contributed by atoms with van der Waals surface area (Å²) in [6, 6.07) is 28.6. The number of aryl methyl sites for hydroxylation is 1. The highest BCUT2D eigenvalue weighted by Crippen LogP contribution is 2.30. The van der Waals surface area contributed by atoms with Crippen LogP contribution in [0.15, 0.2) is 84.9 Å². The molecule has 0 saturated heterocycles. The Labute approximate surface area is 202 Å². The number of benzene rings is 3. The lowest BCUT2D eigenvalue weighted by Gasteiger charge is -2.20. The summed E-state index contributed by atoms with van der Waals surface area (Å²) < 4.78 is 1.93. The van der Waals surface area contributed by atoms with E-state index < -0.39 is 0 Å². The fraction of sp³-hybridized carbons (Fsp3) is 0.267. The molecule has 0 radical (unpaired) electrons. The average Bonchev–Trinajstić information content (AvgIpc) is 3.24. The number of rotatable bonds is 9. The minimum Gasteiger partial charge on any atom is -0.344 e. The van der Waals surface area contributed by atoms with Crippen LogP contribution >= 0.6 is 0 Å². The molecule has 0 aliphatic rings. The van der Waals surface area contributed by atoms with Crippen LogP contribution in [-0.2, 0) is 13.5 Å². The summed E-state index contributed by atoms with van der Waals surface area (Å²) in [5.41, 5.74) is 5.61. The third-order valence-electron chi connectivity index (χ3n) is 6.30. The maximum absolute atomic E-state index is 13.8. The molecular weight excluding hydrogens is 418 g/mol.